The third kappa shape index (κ3) is 3.57. The zero-order valence-corrected chi connectivity index (χ0v) is 10.9. The van der Waals surface area contributed by atoms with Crippen LogP contribution in [0.1, 0.15) is 32.1 Å². The summed E-state index contributed by atoms with van der Waals surface area (Å²) in [4.78, 5) is 38.8. The Morgan fingerprint density at radius 3 is 2.60 bits per heavy atom. The van der Waals surface area contributed by atoms with Gasteiger partial charge in [-0.15, -0.1) is 5.06 Å². The number of hydroxylamine groups is 2. The lowest BCUT2D eigenvalue weighted by Gasteiger charge is -2.12. The van der Waals surface area contributed by atoms with Crippen LogP contribution in [0.15, 0.2) is 23.8 Å². The summed E-state index contributed by atoms with van der Waals surface area (Å²) in [5, 5.41) is 7.92. The Labute approximate surface area is 116 Å². The van der Waals surface area contributed by atoms with Gasteiger partial charge in [0.15, 0.2) is 5.71 Å². The summed E-state index contributed by atoms with van der Waals surface area (Å²) in [7, 11) is 0. The van der Waals surface area contributed by atoms with E-state index in [9.17, 15) is 14.4 Å². The van der Waals surface area contributed by atoms with E-state index in [1.807, 2.05) is 12.2 Å². The zero-order chi connectivity index (χ0) is 14.5. The molecule has 2 rings (SSSR count). The first-order chi connectivity index (χ1) is 9.56. The van der Waals surface area contributed by atoms with Gasteiger partial charge >= 0.3 is 5.97 Å². The molecule has 6 nitrogen and oxygen atoms in total. The summed E-state index contributed by atoms with van der Waals surface area (Å²) < 4.78 is 0. The molecule has 0 saturated carbocycles. The van der Waals surface area contributed by atoms with Gasteiger partial charge in [0.25, 0.3) is 11.8 Å². The Morgan fingerprint density at radius 1 is 1.30 bits per heavy atom. The predicted molar refractivity (Wildman–Crippen MR) is 70.3 cm³/mol. The molecule has 0 aromatic carbocycles. The fourth-order valence-corrected chi connectivity index (χ4v) is 1.91. The van der Waals surface area contributed by atoms with Crippen LogP contribution >= 0.6 is 0 Å². The highest BCUT2D eigenvalue weighted by Gasteiger charge is 2.32. The first-order valence-corrected chi connectivity index (χ1v) is 6.43. The normalized spacial score (nSPS) is 18.1. The number of carbonyl (C=O) groups is 3. The molecule has 0 atom stereocenters. The molecule has 1 heterocycles. The highest BCUT2D eigenvalue weighted by atomic mass is 16.7. The molecule has 0 radical (unpaired) electrons. The van der Waals surface area contributed by atoms with Gasteiger partial charge in [-0.25, -0.2) is 4.79 Å². The molecule has 0 bridgehead atoms. The Hall–Kier alpha value is -2.37. The molecule has 6 heteroatoms. The third-order valence-electron chi connectivity index (χ3n) is 3.00. The van der Waals surface area contributed by atoms with Crippen molar-refractivity contribution in [2.45, 2.75) is 32.1 Å². The van der Waals surface area contributed by atoms with Crippen molar-refractivity contribution >= 4 is 23.5 Å². The highest BCUT2D eigenvalue weighted by molar-refractivity contribution is 6.02. The van der Waals surface area contributed by atoms with Crippen molar-refractivity contribution in [3.63, 3.8) is 0 Å². The SMILES string of the molecule is N=C1C=CC(CCCC(=O)ON2C(=O)CCC2=O)=C[CH+]1. The third-order valence-corrected chi connectivity index (χ3v) is 3.00. The zero-order valence-electron chi connectivity index (χ0n) is 10.9. The first-order valence-electron chi connectivity index (χ1n) is 6.43. The average Bonchev–Trinajstić information content (AvgIpc) is 2.73. The van der Waals surface area contributed by atoms with Crippen LogP contribution in [0.3, 0.4) is 0 Å². The molecule has 20 heavy (non-hydrogen) atoms. The molecule has 0 aromatic heterocycles. The number of allylic oxidation sites excluding steroid dienone is 4. The summed E-state index contributed by atoms with van der Waals surface area (Å²) in [6, 6.07) is 0. The maximum absolute atomic E-state index is 11.5. The molecule has 2 aliphatic rings. The second kappa shape index (κ2) is 6.18. The number of nitrogens with one attached hydrogen (secondary N) is 1. The van der Waals surface area contributed by atoms with Crippen molar-refractivity contribution < 1.29 is 19.2 Å². The van der Waals surface area contributed by atoms with Crippen molar-refractivity contribution in [3.05, 3.63) is 30.2 Å². The number of rotatable bonds is 5. The van der Waals surface area contributed by atoms with Crippen LogP contribution in [-0.4, -0.2) is 28.6 Å². The predicted octanol–water partition coefficient (Wildman–Crippen LogP) is 1.48. The van der Waals surface area contributed by atoms with Crippen LogP contribution in [0.2, 0.25) is 0 Å². The van der Waals surface area contributed by atoms with Crippen LogP contribution in [0.5, 0.6) is 0 Å². The number of imide groups is 1. The minimum absolute atomic E-state index is 0.103. The van der Waals surface area contributed by atoms with Crippen LogP contribution in [0, 0.1) is 11.8 Å². The van der Waals surface area contributed by atoms with E-state index < -0.39 is 17.8 Å². The van der Waals surface area contributed by atoms with E-state index >= 15 is 0 Å². The van der Waals surface area contributed by atoms with Crippen molar-refractivity contribution in [2.24, 2.45) is 0 Å². The minimum Gasteiger partial charge on any atom is -0.330 e. The molecule has 1 saturated heterocycles. The maximum Gasteiger partial charge on any atom is 0.333 e. The smallest absolute Gasteiger partial charge is 0.330 e. The molecule has 104 valence electrons. The van der Waals surface area contributed by atoms with Gasteiger partial charge in [0.1, 0.15) is 0 Å². The largest absolute Gasteiger partial charge is 0.333 e. The molecule has 0 unspecified atom stereocenters. The summed E-state index contributed by atoms with van der Waals surface area (Å²) in [5.74, 6) is -1.51. The average molecular weight is 275 g/mol. The van der Waals surface area contributed by atoms with E-state index in [0.717, 1.165) is 5.57 Å². The standard InChI is InChI=1S/C14H15N2O4/c15-11-6-4-10(5-7-11)2-1-3-14(19)20-16-12(17)8-9-13(16)18/h4-7,15H,1-3,8-9H2/q+1. The van der Waals surface area contributed by atoms with Gasteiger partial charge in [0.2, 0.25) is 0 Å². The van der Waals surface area contributed by atoms with Crippen LogP contribution in [0.4, 0.5) is 0 Å². The van der Waals surface area contributed by atoms with Gasteiger partial charge in [-0.05, 0) is 6.42 Å². The molecule has 0 aromatic rings. The van der Waals surface area contributed by atoms with Gasteiger partial charge < -0.3 is 4.84 Å². The molecule has 2 amide bonds. The molecule has 1 aliphatic carbocycles. The van der Waals surface area contributed by atoms with Gasteiger partial charge in [-0.3, -0.25) is 15.0 Å². The molecule has 1 N–H and O–H groups in total. The first kappa shape index (κ1) is 14.0. The Balaban J connectivity index is 1.71. The summed E-state index contributed by atoms with van der Waals surface area (Å²) in [5.41, 5.74) is 1.47. The highest BCUT2D eigenvalue weighted by Crippen LogP contribution is 2.16. The Bertz CT molecular complexity index is 503. The fraction of sp³-hybridized carbons (Fsp3) is 0.357. The molecular formula is C14H15N2O4+. The van der Waals surface area contributed by atoms with E-state index in [0.29, 0.717) is 23.6 Å². The number of amides is 2. The summed E-state index contributed by atoms with van der Waals surface area (Å²) in [6.45, 7) is 0. The van der Waals surface area contributed by atoms with Crippen LogP contribution < -0.4 is 0 Å². The number of carbonyl (C=O) groups excluding carboxylic acids is 3. The topological polar surface area (TPSA) is 87.5 Å². The summed E-state index contributed by atoms with van der Waals surface area (Å²) >= 11 is 0. The lowest BCUT2D eigenvalue weighted by molar-refractivity contribution is -0.197. The van der Waals surface area contributed by atoms with Crippen molar-refractivity contribution in [1.29, 1.82) is 5.41 Å². The molecule has 1 fully saturated rings. The maximum atomic E-state index is 11.5. The fourth-order valence-electron chi connectivity index (χ4n) is 1.91. The number of nitrogens with zero attached hydrogens (tertiary/aromatic N) is 1. The number of hydrogen-bond donors (Lipinski definition) is 1. The molecule has 0 spiro atoms. The lowest BCUT2D eigenvalue weighted by Crippen LogP contribution is -2.31. The van der Waals surface area contributed by atoms with E-state index in [-0.39, 0.29) is 19.3 Å². The molecular weight excluding hydrogens is 260 g/mol. The van der Waals surface area contributed by atoms with Gasteiger partial charge in [0.05, 0.1) is 30.2 Å². The monoisotopic (exact) mass is 275 g/mol. The second-order valence-electron chi connectivity index (χ2n) is 4.60. The minimum atomic E-state index is -0.578. The van der Waals surface area contributed by atoms with Gasteiger partial charge in [-0.1, -0.05) is 0 Å². The van der Waals surface area contributed by atoms with Crippen molar-refractivity contribution in [1.82, 2.24) is 5.06 Å². The lowest BCUT2D eigenvalue weighted by atomic mass is 10.0. The quantitative estimate of drug-likeness (QED) is 0.608. The summed E-state index contributed by atoms with van der Waals surface area (Å²) in [6.07, 6.45) is 8.63. The van der Waals surface area contributed by atoms with Gasteiger partial charge in [-0.2, -0.15) is 0 Å². The molecule has 1 aliphatic heterocycles. The van der Waals surface area contributed by atoms with Crippen molar-refractivity contribution in [3.8, 4) is 0 Å². The second-order valence-corrected chi connectivity index (χ2v) is 4.60. The Morgan fingerprint density at radius 2 is 2.00 bits per heavy atom. The number of hydrogen-bond acceptors (Lipinski definition) is 5. The van der Waals surface area contributed by atoms with Gasteiger partial charge in [0, 0.05) is 25.7 Å². The van der Waals surface area contributed by atoms with E-state index in [1.165, 1.54) is 0 Å². The van der Waals surface area contributed by atoms with E-state index in [4.69, 9.17) is 10.2 Å². The van der Waals surface area contributed by atoms with Crippen LogP contribution in [0.25, 0.3) is 0 Å². The van der Waals surface area contributed by atoms with Crippen molar-refractivity contribution in [2.75, 3.05) is 0 Å². The Kier molecular flexibility index (Phi) is 4.34. The van der Waals surface area contributed by atoms with E-state index in [2.05, 4.69) is 0 Å². The van der Waals surface area contributed by atoms with Crippen LogP contribution in [-0.2, 0) is 19.2 Å². The van der Waals surface area contributed by atoms with E-state index in [1.54, 1.807) is 12.5 Å².